The minimum Gasteiger partial charge on any atom is -0.451 e. The van der Waals surface area contributed by atoms with Gasteiger partial charge in [-0.15, -0.1) is 11.3 Å². The lowest BCUT2D eigenvalue weighted by molar-refractivity contribution is -0.115. The molecular weight excluding hydrogens is 388 g/mol. The average Bonchev–Trinajstić information content (AvgIpc) is 3.46. The van der Waals surface area contributed by atoms with Gasteiger partial charge in [-0.25, -0.2) is 0 Å². The number of carbonyl (C=O) groups is 2. The number of hydrogen-bond donors (Lipinski definition) is 2. The summed E-state index contributed by atoms with van der Waals surface area (Å²) in [6.07, 6.45) is 0.403. The fourth-order valence-electron chi connectivity index (χ4n) is 2.98. The summed E-state index contributed by atoms with van der Waals surface area (Å²) < 4.78 is 5.71. The van der Waals surface area contributed by atoms with E-state index in [-0.39, 0.29) is 17.6 Å². The first-order valence-electron chi connectivity index (χ1n) is 9.20. The summed E-state index contributed by atoms with van der Waals surface area (Å²) in [5.74, 6) is -0.0440. The van der Waals surface area contributed by atoms with Crippen molar-refractivity contribution in [2.45, 2.75) is 19.9 Å². The normalized spacial score (nSPS) is 11.0. The summed E-state index contributed by atoms with van der Waals surface area (Å²) in [7, 11) is 1.72. The van der Waals surface area contributed by atoms with Crippen molar-refractivity contribution >= 4 is 39.8 Å². The Morgan fingerprint density at radius 2 is 2.10 bits per heavy atom. The van der Waals surface area contributed by atoms with Gasteiger partial charge in [0, 0.05) is 24.5 Å². The fraction of sp³-hybridized carbons (Fsp3) is 0.190. The van der Waals surface area contributed by atoms with Crippen molar-refractivity contribution in [3.8, 4) is 10.6 Å². The van der Waals surface area contributed by atoms with Crippen molar-refractivity contribution in [3.05, 3.63) is 59.3 Å². The van der Waals surface area contributed by atoms with E-state index in [9.17, 15) is 9.59 Å². The molecule has 0 aliphatic rings. The monoisotopic (exact) mass is 408 g/mol. The zero-order valence-corrected chi connectivity index (χ0v) is 16.9. The molecule has 4 rings (SSSR count). The van der Waals surface area contributed by atoms with Crippen LogP contribution in [0.4, 0.5) is 5.69 Å². The zero-order chi connectivity index (χ0) is 20.4. The van der Waals surface area contributed by atoms with E-state index in [1.165, 1.54) is 0 Å². The third-order valence-corrected chi connectivity index (χ3v) is 5.38. The number of H-pyrrole nitrogens is 1. The van der Waals surface area contributed by atoms with Crippen LogP contribution in [0, 0.1) is 0 Å². The van der Waals surface area contributed by atoms with Crippen LogP contribution < -0.4 is 5.32 Å². The number of nitrogens with zero attached hydrogens (tertiary/aromatic N) is 2. The van der Waals surface area contributed by atoms with Crippen molar-refractivity contribution in [3.63, 3.8) is 0 Å². The van der Waals surface area contributed by atoms with Crippen LogP contribution in [0.1, 0.15) is 29.6 Å². The maximum atomic E-state index is 12.8. The highest BCUT2D eigenvalue weighted by molar-refractivity contribution is 7.13. The minimum atomic E-state index is -0.229. The Morgan fingerprint density at radius 3 is 2.86 bits per heavy atom. The number of thiophene rings is 1. The van der Waals surface area contributed by atoms with E-state index in [0.717, 1.165) is 21.7 Å². The lowest BCUT2D eigenvalue weighted by Crippen LogP contribution is -2.25. The van der Waals surface area contributed by atoms with Crippen LogP contribution in [0.25, 0.3) is 21.5 Å². The van der Waals surface area contributed by atoms with Gasteiger partial charge in [-0.05, 0) is 41.8 Å². The molecule has 0 spiro atoms. The maximum Gasteiger partial charge on any atom is 0.289 e. The second-order valence-electron chi connectivity index (χ2n) is 6.68. The van der Waals surface area contributed by atoms with Gasteiger partial charge in [0.05, 0.1) is 17.1 Å². The van der Waals surface area contributed by atoms with Crippen molar-refractivity contribution in [1.29, 1.82) is 0 Å². The van der Waals surface area contributed by atoms with Gasteiger partial charge in [-0.2, -0.15) is 5.10 Å². The first-order chi connectivity index (χ1) is 14.0. The molecule has 0 fully saturated rings. The maximum absolute atomic E-state index is 12.8. The molecule has 3 heterocycles. The second-order valence-corrected chi connectivity index (χ2v) is 7.63. The van der Waals surface area contributed by atoms with Crippen molar-refractivity contribution < 1.29 is 14.0 Å². The average molecular weight is 408 g/mol. The van der Waals surface area contributed by atoms with E-state index in [2.05, 4.69) is 15.5 Å². The molecule has 0 radical (unpaired) electrons. The zero-order valence-electron chi connectivity index (χ0n) is 16.1. The number of anilines is 1. The lowest BCUT2D eigenvalue weighted by atomic mass is 10.2. The summed E-state index contributed by atoms with van der Waals surface area (Å²) >= 11 is 1.62. The minimum absolute atomic E-state index is 0.0645. The highest BCUT2D eigenvalue weighted by Gasteiger charge is 2.18. The fourth-order valence-corrected chi connectivity index (χ4v) is 3.67. The molecule has 0 atom stereocenters. The number of carbonyl (C=O) groups excluding carboxylic acids is 2. The molecule has 148 valence electrons. The summed E-state index contributed by atoms with van der Waals surface area (Å²) in [5.41, 5.74) is 2.97. The molecule has 29 heavy (non-hydrogen) atoms. The standard InChI is InChI=1S/C21H20N4O3S/c1-3-20(26)22-14-6-7-17-13(9-14)10-18(28-17)21(27)25(2)12-15-11-16(24-23-15)19-5-4-8-29-19/h4-11H,3,12H2,1-2H3,(H,22,26)(H,23,24). The van der Waals surface area contributed by atoms with Gasteiger partial charge in [0.15, 0.2) is 5.76 Å². The number of furan rings is 1. The largest absolute Gasteiger partial charge is 0.451 e. The molecule has 2 N–H and O–H groups in total. The Kier molecular flexibility index (Phi) is 5.18. The van der Waals surface area contributed by atoms with Crippen LogP contribution in [-0.4, -0.2) is 34.0 Å². The number of hydrogen-bond acceptors (Lipinski definition) is 5. The van der Waals surface area contributed by atoms with E-state index in [1.807, 2.05) is 23.6 Å². The van der Waals surface area contributed by atoms with E-state index in [0.29, 0.717) is 24.2 Å². The Bertz CT molecular complexity index is 1160. The Labute approximate surface area is 171 Å². The number of rotatable bonds is 6. The van der Waals surface area contributed by atoms with E-state index >= 15 is 0 Å². The molecule has 4 aromatic rings. The van der Waals surface area contributed by atoms with Crippen LogP contribution in [0.15, 0.2) is 52.3 Å². The molecule has 3 aromatic heterocycles. The molecule has 7 nitrogen and oxygen atoms in total. The molecular formula is C21H20N4O3S. The van der Waals surface area contributed by atoms with Crippen LogP contribution in [0.5, 0.6) is 0 Å². The first-order valence-corrected chi connectivity index (χ1v) is 10.1. The summed E-state index contributed by atoms with van der Waals surface area (Å²) in [5, 5.41) is 12.9. The van der Waals surface area contributed by atoms with Crippen LogP contribution in [0.2, 0.25) is 0 Å². The highest BCUT2D eigenvalue weighted by Crippen LogP contribution is 2.25. The van der Waals surface area contributed by atoms with Crippen LogP contribution >= 0.6 is 11.3 Å². The van der Waals surface area contributed by atoms with E-state index < -0.39 is 0 Å². The molecule has 0 saturated heterocycles. The lowest BCUT2D eigenvalue weighted by Gasteiger charge is -2.14. The summed E-state index contributed by atoms with van der Waals surface area (Å²) in [4.78, 5) is 27.0. The summed E-state index contributed by atoms with van der Waals surface area (Å²) in [6, 6.07) is 12.9. The molecule has 2 amide bonds. The number of aromatic amines is 1. The van der Waals surface area contributed by atoms with E-state index in [1.54, 1.807) is 54.5 Å². The quantitative estimate of drug-likeness (QED) is 0.491. The molecule has 1 aromatic carbocycles. The van der Waals surface area contributed by atoms with Gasteiger partial charge in [-0.1, -0.05) is 13.0 Å². The number of nitrogens with one attached hydrogen (secondary N) is 2. The molecule has 0 aliphatic carbocycles. The molecule has 0 aliphatic heterocycles. The van der Waals surface area contributed by atoms with Gasteiger partial charge in [0.25, 0.3) is 5.91 Å². The summed E-state index contributed by atoms with van der Waals surface area (Å²) in [6.45, 7) is 2.17. The number of fused-ring (bicyclic) bond motifs is 1. The third kappa shape index (κ3) is 4.07. The molecule has 0 bridgehead atoms. The van der Waals surface area contributed by atoms with Gasteiger partial charge in [0.1, 0.15) is 11.3 Å². The van der Waals surface area contributed by atoms with Crippen molar-refractivity contribution in [1.82, 2.24) is 15.1 Å². The number of benzene rings is 1. The number of amides is 2. The predicted octanol–water partition coefficient (Wildman–Crippen LogP) is 4.51. The Balaban J connectivity index is 1.48. The molecule has 0 saturated carbocycles. The van der Waals surface area contributed by atoms with Crippen LogP contribution in [-0.2, 0) is 11.3 Å². The second kappa shape index (κ2) is 7.92. The smallest absolute Gasteiger partial charge is 0.289 e. The Morgan fingerprint density at radius 1 is 1.24 bits per heavy atom. The first kappa shape index (κ1) is 18.9. The van der Waals surface area contributed by atoms with Crippen LogP contribution in [0.3, 0.4) is 0 Å². The molecule has 8 heteroatoms. The van der Waals surface area contributed by atoms with Gasteiger partial charge in [0.2, 0.25) is 5.91 Å². The molecule has 0 unspecified atom stereocenters. The van der Waals surface area contributed by atoms with Crippen molar-refractivity contribution in [2.24, 2.45) is 0 Å². The Hall–Kier alpha value is -3.39. The topological polar surface area (TPSA) is 91.2 Å². The predicted molar refractivity (Wildman–Crippen MR) is 113 cm³/mol. The van der Waals surface area contributed by atoms with Gasteiger partial charge >= 0.3 is 0 Å². The van der Waals surface area contributed by atoms with E-state index in [4.69, 9.17) is 4.42 Å². The van der Waals surface area contributed by atoms with Gasteiger partial charge < -0.3 is 14.6 Å². The highest BCUT2D eigenvalue weighted by atomic mass is 32.1. The van der Waals surface area contributed by atoms with Crippen molar-refractivity contribution in [2.75, 3.05) is 12.4 Å². The van der Waals surface area contributed by atoms with Gasteiger partial charge in [-0.3, -0.25) is 14.7 Å². The SMILES string of the molecule is CCC(=O)Nc1ccc2oc(C(=O)N(C)Cc3cc(-c4cccs4)n[nH]3)cc2c1. The third-order valence-electron chi connectivity index (χ3n) is 4.49. The number of aromatic nitrogens is 2.